The van der Waals surface area contributed by atoms with Crippen LogP contribution in [0, 0.1) is 11.8 Å². The van der Waals surface area contributed by atoms with E-state index in [9.17, 15) is 0 Å². The molecule has 0 amide bonds. The molecule has 0 aliphatic heterocycles. The molecule has 2 atom stereocenters. The highest BCUT2D eigenvalue weighted by atomic mass is 15.3. The summed E-state index contributed by atoms with van der Waals surface area (Å²) >= 11 is 0. The van der Waals surface area contributed by atoms with Gasteiger partial charge in [-0.05, 0) is 51.6 Å². The summed E-state index contributed by atoms with van der Waals surface area (Å²) in [7, 11) is 2.03. The Morgan fingerprint density at radius 3 is 2.48 bits per heavy atom. The van der Waals surface area contributed by atoms with E-state index in [-0.39, 0.29) is 5.54 Å². The van der Waals surface area contributed by atoms with Gasteiger partial charge in [-0.3, -0.25) is 4.68 Å². The molecule has 1 heterocycles. The lowest BCUT2D eigenvalue weighted by atomic mass is 9.90. The third kappa shape index (κ3) is 4.07. The molecule has 2 aromatic rings. The normalized spacial score (nSPS) is 15.3. The second kappa shape index (κ2) is 6.18. The van der Waals surface area contributed by atoms with Crippen molar-refractivity contribution in [3.63, 3.8) is 0 Å². The van der Waals surface area contributed by atoms with Gasteiger partial charge in [-0.2, -0.15) is 5.10 Å². The smallest absolute Gasteiger partial charge is 0.0706 e. The van der Waals surface area contributed by atoms with Crippen molar-refractivity contribution in [2.75, 3.05) is 6.54 Å². The SMILES string of the molecule is CC(CNC(C)(C)C)C(C)Cc1nn(C)c2ccccc12. The van der Waals surface area contributed by atoms with Crippen molar-refractivity contribution >= 4 is 10.9 Å². The van der Waals surface area contributed by atoms with Gasteiger partial charge in [0.1, 0.15) is 0 Å². The molecule has 1 aromatic heterocycles. The molecule has 0 bridgehead atoms. The first-order valence-corrected chi connectivity index (χ1v) is 7.93. The van der Waals surface area contributed by atoms with Crippen LogP contribution in [0.3, 0.4) is 0 Å². The second-order valence-corrected chi connectivity index (χ2v) is 7.38. The van der Waals surface area contributed by atoms with Crippen LogP contribution in [0.4, 0.5) is 0 Å². The summed E-state index contributed by atoms with van der Waals surface area (Å²) in [6.07, 6.45) is 1.04. The second-order valence-electron chi connectivity index (χ2n) is 7.38. The zero-order valence-corrected chi connectivity index (χ0v) is 14.3. The van der Waals surface area contributed by atoms with Crippen LogP contribution in [-0.4, -0.2) is 21.9 Å². The fourth-order valence-corrected chi connectivity index (χ4v) is 2.61. The highest BCUT2D eigenvalue weighted by Gasteiger charge is 2.18. The van der Waals surface area contributed by atoms with E-state index in [1.807, 2.05) is 11.7 Å². The van der Waals surface area contributed by atoms with Gasteiger partial charge in [0, 0.05) is 18.0 Å². The maximum Gasteiger partial charge on any atom is 0.0706 e. The van der Waals surface area contributed by atoms with E-state index < -0.39 is 0 Å². The van der Waals surface area contributed by atoms with Crippen molar-refractivity contribution in [2.45, 2.75) is 46.6 Å². The van der Waals surface area contributed by atoms with Crippen LogP contribution in [-0.2, 0) is 13.5 Å². The lowest BCUT2D eigenvalue weighted by Crippen LogP contribution is -2.40. The minimum Gasteiger partial charge on any atom is -0.312 e. The van der Waals surface area contributed by atoms with Crippen molar-refractivity contribution in [3.05, 3.63) is 30.0 Å². The first kappa shape index (κ1) is 16.0. The van der Waals surface area contributed by atoms with Crippen LogP contribution in [0.1, 0.15) is 40.3 Å². The monoisotopic (exact) mass is 287 g/mol. The molecule has 21 heavy (non-hydrogen) atoms. The summed E-state index contributed by atoms with van der Waals surface area (Å²) in [5, 5.41) is 9.62. The van der Waals surface area contributed by atoms with Gasteiger partial charge in [-0.25, -0.2) is 0 Å². The fraction of sp³-hybridized carbons (Fsp3) is 0.611. The minimum absolute atomic E-state index is 0.186. The first-order chi connectivity index (χ1) is 9.78. The number of fused-ring (bicyclic) bond motifs is 1. The standard InChI is InChI=1S/C18H29N3/c1-13(14(2)12-19-18(3,4)5)11-16-15-9-7-8-10-17(15)21(6)20-16/h7-10,13-14,19H,11-12H2,1-6H3. The molecular weight excluding hydrogens is 258 g/mol. The van der Waals surface area contributed by atoms with Crippen LogP contribution in [0.15, 0.2) is 24.3 Å². The third-order valence-corrected chi connectivity index (χ3v) is 4.28. The molecule has 2 rings (SSSR count). The Morgan fingerprint density at radius 2 is 1.81 bits per heavy atom. The zero-order chi connectivity index (χ0) is 15.6. The summed E-state index contributed by atoms with van der Waals surface area (Å²) in [6.45, 7) is 12.4. The average Bonchev–Trinajstić information content (AvgIpc) is 2.72. The van der Waals surface area contributed by atoms with Gasteiger partial charge in [0.25, 0.3) is 0 Å². The van der Waals surface area contributed by atoms with Crippen LogP contribution < -0.4 is 5.32 Å². The molecule has 0 spiro atoms. The van der Waals surface area contributed by atoms with Crippen LogP contribution in [0.25, 0.3) is 10.9 Å². The summed E-state index contributed by atoms with van der Waals surface area (Å²) in [5.41, 5.74) is 2.63. The van der Waals surface area contributed by atoms with Gasteiger partial charge >= 0.3 is 0 Å². The van der Waals surface area contributed by atoms with E-state index in [1.165, 1.54) is 16.6 Å². The molecule has 0 saturated carbocycles. The van der Waals surface area contributed by atoms with Gasteiger partial charge in [0.05, 0.1) is 11.2 Å². The van der Waals surface area contributed by atoms with E-state index in [2.05, 4.69) is 64.2 Å². The average molecular weight is 287 g/mol. The third-order valence-electron chi connectivity index (χ3n) is 4.28. The van der Waals surface area contributed by atoms with Crippen molar-refractivity contribution < 1.29 is 0 Å². The largest absolute Gasteiger partial charge is 0.312 e. The molecule has 0 aliphatic rings. The van der Waals surface area contributed by atoms with Gasteiger partial charge in [0.15, 0.2) is 0 Å². The predicted molar refractivity (Wildman–Crippen MR) is 90.5 cm³/mol. The first-order valence-electron chi connectivity index (χ1n) is 7.93. The van der Waals surface area contributed by atoms with E-state index >= 15 is 0 Å². The Labute approximate surface area is 128 Å². The number of hydrogen-bond donors (Lipinski definition) is 1. The number of nitrogens with zero attached hydrogens (tertiary/aromatic N) is 2. The summed E-state index contributed by atoms with van der Waals surface area (Å²) < 4.78 is 2.00. The molecule has 0 fully saturated rings. The van der Waals surface area contributed by atoms with Gasteiger partial charge in [-0.1, -0.05) is 32.0 Å². The topological polar surface area (TPSA) is 29.9 Å². The highest BCUT2D eigenvalue weighted by Crippen LogP contribution is 2.23. The summed E-state index contributed by atoms with van der Waals surface area (Å²) in [6, 6.07) is 8.50. The minimum atomic E-state index is 0.186. The molecule has 3 heteroatoms. The number of aromatic nitrogens is 2. The number of rotatable bonds is 5. The number of nitrogens with one attached hydrogen (secondary N) is 1. The Morgan fingerprint density at radius 1 is 1.14 bits per heavy atom. The number of para-hydroxylation sites is 1. The summed E-state index contributed by atoms with van der Waals surface area (Å²) in [4.78, 5) is 0. The van der Waals surface area contributed by atoms with E-state index in [4.69, 9.17) is 5.10 Å². The highest BCUT2D eigenvalue weighted by molar-refractivity contribution is 5.81. The summed E-state index contributed by atoms with van der Waals surface area (Å²) in [5.74, 6) is 1.24. The van der Waals surface area contributed by atoms with Crippen molar-refractivity contribution in [1.29, 1.82) is 0 Å². The van der Waals surface area contributed by atoms with E-state index in [1.54, 1.807) is 0 Å². The maximum atomic E-state index is 4.72. The Balaban J connectivity index is 2.06. The predicted octanol–water partition coefficient (Wildman–Crippen LogP) is 3.78. The van der Waals surface area contributed by atoms with Gasteiger partial charge in [-0.15, -0.1) is 0 Å². The molecule has 0 aliphatic carbocycles. The van der Waals surface area contributed by atoms with Crippen LogP contribution in [0.5, 0.6) is 0 Å². The molecule has 3 nitrogen and oxygen atoms in total. The molecule has 1 aromatic carbocycles. The molecule has 2 unspecified atom stereocenters. The number of aryl methyl sites for hydroxylation is 1. The zero-order valence-electron chi connectivity index (χ0n) is 14.3. The van der Waals surface area contributed by atoms with E-state index in [0.717, 1.165) is 13.0 Å². The lowest BCUT2D eigenvalue weighted by Gasteiger charge is -2.26. The Hall–Kier alpha value is -1.35. The van der Waals surface area contributed by atoms with Crippen molar-refractivity contribution in [3.8, 4) is 0 Å². The van der Waals surface area contributed by atoms with Crippen LogP contribution >= 0.6 is 0 Å². The van der Waals surface area contributed by atoms with Gasteiger partial charge in [0.2, 0.25) is 0 Å². The van der Waals surface area contributed by atoms with Gasteiger partial charge < -0.3 is 5.32 Å². The molecule has 116 valence electrons. The fourth-order valence-electron chi connectivity index (χ4n) is 2.61. The maximum absolute atomic E-state index is 4.72. The quantitative estimate of drug-likeness (QED) is 0.907. The number of hydrogen-bond acceptors (Lipinski definition) is 2. The molecule has 0 radical (unpaired) electrons. The molecule has 1 N–H and O–H groups in total. The van der Waals surface area contributed by atoms with Crippen molar-refractivity contribution in [2.24, 2.45) is 18.9 Å². The molecular formula is C18H29N3. The van der Waals surface area contributed by atoms with Crippen molar-refractivity contribution in [1.82, 2.24) is 15.1 Å². The lowest BCUT2D eigenvalue weighted by molar-refractivity contribution is 0.316. The number of benzene rings is 1. The Bertz CT molecular complexity index is 592. The van der Waals surface area contributed by atoms with Crippen LogP contribution in [0.2, 0.25) is 0 Å². The molecule has 0 saturated heterocycles. The van der Waals surface area contributed by atoms with E-state index in [0.29, 0.717) is 11.8 Å². The Kier molecular flexibility index (Phi) is 4.72.